The number of aryl methyl sites for hydroxylation is 1. The first kappa shape index (κ1) is 30.9. The van der Waals surface area contributed by atoms with Gasteiger partial charge in [0.15, 0.2) is 18.4 Å². The Balaban J connectivity index is 0. The van der Waals surface area contributed by atoms with E-state index in [4.69, 9.17) is 11.5 Å². The molecule has 1 aromatic rings. The van der Waals surface area contributed by atoms with Gasteiger partial charge in [-0.25, -0.2) is 4.57 Å². The number of carbonyl (C=O) groups is 2. The molecule has 4 N–H and O–H groups in total. The monoisotopic (exact) mass is 435 g/mol. The SMILES string of the molecule is CC(=O)C(C)CCCN=C(N)N.CC(=O)C(C)Cc1ccc[n+](C)c1.CCCCCC. The van der Waals surface area contributed by atoms with Crippen molar-refractivity contribution in [1.82, 2.24) is 0 Å². The smallest absolute Gasteiger partial charge is 0.185 e. The third-order valence-corrected chi connectivity index (χ3v) is 4.98. The summed E-state index contributed by atoms with van der Waals surface area (Å²) in [6, 6.07) is 4.06. The molecule has 0 aliphatic heterocycles. The molecule has 6 heteroatoms. The van der Waals surface area contributed by atoms with Crippen molar-refractivity contribution in [2.24, 2.45) is 35.3 Å². The standard InChI is InChI=1S/C11H16NO.C8H17N3O.C6H14/c1-9(10(2)13)7-11-5-4-6-12(3)8-11;1-6(7(2)12)4-3-5-11-8(9)10;1-3-5-6-4-2/h4-6,8-9H,7H2,1-3H3;6H,3-5H2,1-2H3,(H4,9,10,11);3-6H2,1-2H3/q+1;;. The summed E-state index contributed by atoms with van der Waals surface area (Å²) in [6.45, 7) is 12.2. The fourth-order valence-corrected chi connectivity index (χ4v) is 2.58. The number of aliphatic imine (C=N–C) groups is 1. The normalized spacial score (nSPS) is 11.7. The largest absolute Gasteiger partial charge is 0.370 e. The molecule has 0 aliphatic rings. The van der Waals surface area contributed by atoms with Crippen molar-refractivity contribution in [3.05, 3.63) is 30.1 Å². The van der Waals surface area contributed by atoms with Crippen molar-refractivity contribution in [2.45, 2.75) is 86.5 Å². The number of nitrogens with zero attached hydrogens (tertiary/aromatic N) is 2. The van der Waals surface area contributed by atoms with Crippen LogP contribution in [0, 0.1) is 11.8 Å². The Labute approximate surface area is 190 Å². The van der Waals surface area contributed by atoms with Crippen molar-refractivity contribution in [3.63, 3.8) is 0 Å². The molecule has 0 aromatic carbocycles. The average Bonchev–Trinajstić information content (AvgIpc) is 2.70. The maximum absolute atomic E-state index is 11.0. The molecule has 0 radical (unpaired) electrons. The highest BCUT2D eigenvalue weighted by Gasteiger charge is 2.09. The van der Waals surface area contributed by atoms with Crippen LogP contribution in [0.3, 0.4) is 0 Å². The van der Waals surface area contributed by atoms with E-state index in [9.17, 15) is 9.59 Å². The lowest BCUT2D eigenvalue weighted by Crippen LogP contribution is -2.27. The second kappa shape index (κ2) is 19.7. The van der Waals surface area contributed by atoms with Gasteiger partial charge in [0.2, 0.25) is 0 Å². The number of aromatic nitrogens is 1. The number of ketones is 2. The minimum absolute atomic E-state index is 0.116. The van der Waals surface area contributed by atoms with Gasteiger partial charge < -0.3 is 11.5 Å². The van der Waals surface area contributed by atoms with E-state index in [2.05, 4.69) is 31.1 Å². The summed E-state index contributed by atoms with van der Waals surface area (Å²) < 4.78 is 2.00. The van der Waals surface area contributed by atoms with Crippen molar-refractivity contribution >= 4 is 17.5 Å². The van der Waals surface area contributed by atoms with Gasteiger partial charge in [0.25, 0.3) is 0 Å². The third kappa shape index (κ3) is 20.8. The minimum atomic E-state index is 0.116. The van der Waals surface area contributed by atoms with E-state index >= 15 is 0 Å². The molecule has 0 bridgehead atoms. The Hall–Kier alpha value is -2.24. The zero-order valence-electron chi connectivity index (χ0n) is 21.0. The predicted molar refractivity (Wildman–Crippen MR) is 131 cm³/mol. The number of pyridine rings is 1. The highest BCUT2D eigenvalue weighted by atomic mass is 16.1. The molecule has 2 atom stereocenters. The van der Waals surface area contributed by atoms with Gasteiger partial charge in [-0.2, -0.15) is 0 Å². The molecule has 0 aliphatic carbocycles. The van der Waals surface area contributed by atoms with Crippen LogP contribution in [0.4, 0.5) is 0 Å². The third-order valence-electron chi connectivity index (χ3n) is 4.98. The highest BCUT2D eigenvalue weighted by Crippen LogP contribution is 2.07. The summed E-state index contributed by atoms with van der Waals surface area (Å²) in [6.07, 6.45) is 12.1. The molecule has 2 unspecified atom stereocenters. The van der Waals surface area contributed by atoms with E-state index in [1.165, 1.54) is 31.2 Å². The van der Waals surface area contributed by atoms with Gasteiger partial charge in [0.1, 0.15) is 18.6 Å². The van der Waals surface area contributed by atoms with Gasteiger partial charge in [-0.15, -0.1) is 0 Å². The topological polar surface area (TPSA) is 102 Å². The van der Waals surface area contributed by atoms with Crippen LogP contribution in [0.5, 0.6) is 0 Å². The number of nitrogens with two attached hydrogens (primary N) is 2. The van der Waals surface area contributed by atoms with E-state index in [-0.39, 0.29) is 29.4 Å². The van der Waals surface area contributed by atoms with E-state index in [1.54, 1.807) is 13.8 Å². The summed E-state index contributed by atoms with van der Waals surface area (Å²) in [4.78, 5) is 25.6. The highest BCUT2D eigenvalue weighted by molar-refractivity contribution is 5.78. The Morgan fingerprint density at radius 2 is 1.55 bits per heavy atom. The Morgan fingerprint density at radius 1 is 1.00 bits per heavy atom. The number of hydrogen-bond donors (Lipinski definition) is 2. The molecule has 0 saturated heterocycles. The zero-order valence-corrected chi connectivity index (χ0v) is 21.0. The molecule has 0 saturated carbocycles. The first-order valence-electron chi connectivity index (χ1n) is 11.5. The Bertz CT molecular complexity index is 636. The van der Waals surface area contributed by atoms with Crippen LogP contribution in [-0.2, 0) is 23.1 Å². The molecule has 1 rings (SSSR count). The molecule has 0 amide bonds. The lowest BCUT2D eigenvalue weighted by molar-refractivity contribution is -0.671. The number of carbonyl (C=O) groups excluding carboxylic acids is 2. The Kier molecular flexibility index (Phi) is 19.7. The van der Waals surface area contributed by atoms with Crippen LogP contribution < -0.4 is 16.0 Å². The van der Waals surface area contributed by atoms with Crippen LogP contribution in [0.1, 0.15) is 85.6 Å². The summed E-state index contributed by atoms with van der Waals surface area (Å²) in [5, 5.41) is 0. The van der Waals surface area contributed by atoms with Gasteiger partial charge in [0, 0.05) is 30.0 Å². The molecule has 178 valence electrons. The van der Waals surface area contributed by atoms with Crippen molar-refractivity contribution in [2.75, 3.05) is 6.54 Å². The zero-order chi connectivity index (χ0) is 24.2. The van der Waals surface area contributed by atoms with E-state index in [1.807, 2.05) is 37.7 Å². The van der Waals surface area contributed by atoms with Crippen molar-refractivity contribution < 1.29 is 14.2 Å². The number of rotatable bonds is 11. The van der Waals surface area contributed by atoms with Gasteiger partial charge in [0.05, 0.1) is 0 Å². The lowest BCUT2D eigenvalue weighted by atomic mass is 9.99. The molecule has 1 heterocycles. The fourth-order valence-electron chi connectivity index (χ4n) is 2.58. The van der Waals surface area contributed by atoms with Crippen molar-refractivity contribution in [1.29, 1.82) is 0 Å². The van der Waals surface area contributed by atoms with E-state index < -0.39 is 0 Å². The maximum atomic E-state index is 11.0. The first-order chi connectivity index (χ1) is 14.5. The van der Waals surface area contributed by atoms with Crippen LogP contribution >= 0.6 is 0 Å². The minimum Gasteiger partial charge on any atom is -0.370 e. The molecule has 0 fully saturated rings. The summed E-state index contributed by atoms with van der Waals surface area (Å²) in [5.41, 5.74) is 11.5. The summed E-state index contributed by atoms with van der Waals surface area (Å²) in [7, 11) is 1.99. The molecule has 0 spiro atoms. The molecule has 6 nitrogen and oxygen atoms in total. The van der Waals surface area contributed by atoms with Gasteiger partial charge in [-0.05, 0) is 39.2 Å². The van der Waals surface area contributed by atoms with Crippen LogP contribution in [-0.4, -0.2) is 24.1 Å². The number of Topliss-reactive ketones (excluding diaryl/α,β-unsaturated/α-hetero) is 2. The van der Waals surface area contributed by atoms with Crippen LogP contribution in [0.25, 0.3) is 0 Å². The second-order valence-corrected chi connectivity index (χ2v) is 8.26. The molecular weight excluding hydrogens is 388 g/mol. The Morgan fingerprint density at radius 3 is 1.97 bits per heavy atom. The lowest BCUT2D eigenvalue weighted by Gasteiger charge is -2.05. The predicted octanol–water partition coefficient (Wildman–Crippen LogP) is 4.13. The number of guanidine groups is 1. The molecular formula is C25H47N4O2+. The number of unbranched alkanes of at least 4 members (excludes halogenated alkanes) is 3. The second-order valence-electron chi connectivity index (χ2n) is 8.26. The average molecular weight is 436 g/mol. The maximum Gasteiger partial charge on any atom is 0.185 e. The fraction of sp³-hybridized carbons (Fsp3) is 0.680. The summed E-state index contributed by atoms with van der Waals surface area (Å²) in [5.74, 6) is 0.846. The van der Waals surface area contributed by atoms with Gasteiger partial charge in [-0.1, -0.05) is 53.4 Å². The quantitative estimate of drug-likeness (QED) is 0.236. The summed E-state index contributed by atoms with van der Waals surface area (Å²) >= 11 is 0. The van der Waals surface area contributed by atoms with Crippen LogP contribution in [0.15, 0.2) is 29.5 Å². The molecule has 1 aromatic heterocycles. The number of hydrogen-bond acceptors (Lipinski definition) is 3. The van der Waals surface area contributed by atoms with E-state index in [0.29, 0.717) is 6.54 Å². The van der Waals surface area contributed by atoms with Crippen molar-refractivity contribution in [3.8, 4) is 0 Å². The van der Waals surface area contributed by atoms with Gasteiger partial charge >= 0.3 is 0 Å². The van der Waals surface area contributed by atoms with E-state index in [0.717, 1.165) is 19.3 Å². The first-order valence-corrected chi connectivity index (χ1v) is 11.5. The molecule has 31 heavy (non-hydrogen) atoms. The van der Waals surface area contributed by atoms with Gasteiger partial charge in [-0.3, -0.25) is 14.6 Å². The van der Waals surface area contributed by atoms with Crippen LogP contribution in [0.2, 0.25) is 0 Å².